The van der Waals surface area contributed by atoms with E-state index in [0.29, 0.717) is 0 Å². The first-order valence-electron chi connectivity index (χ1n) is 8.99. The van der Waals surface area contributed by atoms with Crippen molar-refractivity contribution >= 4 is 22.8 Å². The lowest BCUT2D eigenvalue weighted by atomic mass is 9.83. The van der Waals surface area contributed by atoms with Crippen molar-refractivity contribution in [3.63, 3.8) is 0 Å². The molecule has 0 saturated heterocycles. The molecule has 0 aromatic heterocycles. The van der Waals surface area contributed by atoms with Crippen molar-refractivity contribution in [3.8, 4) is 0 Å². The molecule has 0 fully saturated rings. The third-order valence-electron chi connectivity index (χ3n) is 5.12. The minimum atomic E-state index is 0.913. The highest BCUT2D eigenvalue weighted by atomic mass is 15.1. The Hall–Kier alpha value is -2.68. The number of benzene rings is 2. The summed E-state index contributed by atoms with van der Waals surface area (Å²) in [5.74, 6) is 0. The van der Waals surface area contributed by atoms with E-state index in [9.17, 15) is 0 Å². The smallest absolute Gasteiger partial charge is 0.0752 e. The lowest BCUT2D eigenvalue weighted by molar-refractivity contribution is 0.865. The topological polar surface area (TPSA) is 28.0 Å². The molecule has 0 spiro atoms. The lowest BCUT2D eigenvalue weighted by Gasteiger charge is -2.27. The molecule has 2 aromatic rings. The van der Waals surface area contributed by atoms with Crippen LogP contribution in [0.3, 0.4) is 0 Å². The van der Waals surface area contributed by atoms with Crippen LogP contribution in [0.4, 0.5) is 11.4 Å². The van der Waals surface area contributed by atoms with E-state index in [4.69, 9.17) is 4.99 Å². The predicted molar refractivity (Wildman–Crippen MR) is 107 cm³/mol. The zero-order valence-electron chi connectivity index (χ0n) is 15.1. The van der Waals surface area contributed by atoms with E-state index in [2.05, 4.69) is 72.3 Å². The van der Waals surface area contributed by atoms with E-state index in [1.54, 1.807) is 0 Å². The molecule has 0 radical (unpaired) electrons. The molecule has 0 unspecified atom stereocenters. The van der Waals surface area contributed by atoms with Gasteiger partial charge in [0.15, 0.2) is 0 Å². The van der Waals surface area contributed by atoms with Crippen molar-refractivity contribution in [1.29, 1.82) is 0 Å². The van der Waals surface area contributed by atoms with Crippen LogP contribution in [0.2, 0.25) is 0 Å². The second-order valence-corrected chi connectivity index (χ2v) is 6.45. The van der Waals surface area contributed by atoms with Crippen LogP contribution < -0.4 is 4.90 Å². The zero-order chi connectivity index (χ0) is 17.4. The summed E-state index contributed by atoms with van der Waals surface area (Å²) in [5, 5.41) is 0. The van der Waals surface area contributed by atoms with Crippen LogP contribution in [0.25, 0.3) is 0 Å². The van der Waals surface area contributed by atoms with Crippen molar-refractivity contribution in [2.45, 2.75) is 20.3 Å². The average Bonchev–Trinajstić information content (AvgIpc) is 2.66. The van der Waals surface area contributed by atoms with Crippen LogP contribution >= 0.6 is 0 Å². The Labute approximate surface area is 149 Å². The van der Waals surface area contributed by atoms with Gasteiger partial charge in [-0.1, -0.05) is 24.3 Å². The number of nitrogens with zero attached hydrogens (tertiary/aromatic N) is 3. The second-order valence-electron chi connectivity index (χ2n) is 6.45. The number of aliphatic imine (C=N–C) groups is 2. The molecule has 126 valence electrons. The van der Waals surface area contributed by atoms with Crippen LogP contribution in [0.5, 0.6) is 0 Å². The van der Waals surface area contributed by atoms with Gasteiger partial charge in [-0.3, -0.25) is 4.99 Å². The Morgan fingerprint density at radius 1 is 1.04 bits per heavy atom. The standard InChI is InChI=1S/C22H23N3/c1-4-25(5-2)17-10-11-20-15(13-17)12-16-14-21(23-3)18-8-6-7-9-19(18)22(16)24-20/h6-11,13-14H,4-5,12H2,1-3H3/b23-21-. The molecule has 0 atom stereocenters. The van der Waals surface area contributed by atoms with Crippen LogP contribution in [-0.4, -0.2) is 31.6 Å². The first kappa shape index (κ1) is 15.8. The molecule has 0 bridgehead atoms. The van der Waals surface area contributed by atoms with Gasteiger partial charge in [-0.15, -0.1) is 0 Å². The van der Waals surface area contributed by atoms with Gasteiger partial charge in [-0.05, 0) is 49.3 Å². The predicted octanol–water partition coefficient (Wildman–Crippen LogP) is 4.57. The normalized spacial score (nSPS) is 16.5. The van der Waals surface area contributed by atoms with Gasteiger partial charge in [0.1, 0.15) is 0 Å². The van der Waals surface area contributed by atoms with Crippen molar-refractivity contribution in [3.05, 3.63) is 70.8 Å². The molecule has 3 heteroatoms. The van der Waals surface area contributed by atoms with Crippen LogP contribution in [0.15, 0.2) is 64.1 Å². The molecule has 2 aliphatic rings. The number of allylic oxidation sites excluding steroid dienone is 2. The number of anilines is 1. The van der Waals surface area contributed by atoms with E-state index < -0.39 is 0 Å². The van der Waals surface area contributed by atoms with Gasteiger partial charge < -0.3 is 4.90 Å². The molecular formula is C22H23N3. The van der Waals surface area contributed by atoms with Gasteiger partial charge in [0.25, 0.3) is 0 Å². The third-order valence-corrected chi connectivity index (χ3v) is 5.12. The fourth-order valence-corrected chi connectivity index (χ4v) is 3.78. The van der Waals surface area contributed by atoms with Crippen LogP contribution in [0.1, 0.15) is 30.5 Å². The van der Waals surface area contributed by atoms with Gasteiger partial charge in [0.2, 0.25) is 0 Å². The quantitative estimate of drug-likeness (QED) is 0.811. The number of hydrogen-bond acceptors (Lipinski definition) is 3. The maximum Gasteiger partial charge on any atom is 0.0752 e. The van der Waals surface area contributed by atoms with Crippen molar-refractivity contribution in [2.24, 2.45) is 9.98 Å². The maximum atomic E-state index is 5.00. The largest absolute Gasteiger partial charge is 0.372 e. The fourth-order valence-electron chi connectivity index (χ4n) is 3.78. The highest BCUT2D eigenvalue weighted by molar-refractivity contribution is 6.29. The average molecular weight is 329 g/mol. The maximum absolute atomic E-state index is 5.00. The minimum absolute atomic E-state index is 0.913. The van der Waals surface area contributed by atoms with E-state index >= 15 is 0 Å². The third kappa shape index (κ3) is 2.60. The number of fused-ring (bicyclic) bond motifs is 4. The summed E-state index contributed by atoms with van der Waals surface area (Å²) in [4.78, 5) is 11.9. The molecule has 0 N–H and O–H groups in total. The molecule has 1 aliphatic carbocycles. The fraction of sp³-hybridized carbons (Fsp3) is 0.273. The molecular weight excluding hydrogens is 306 g/mol. The molecule has 1 heterocycles. The first-order valence-corrected chi connectivity index (χ1v) is 8.99. The summed E-state index contributed by atoms with van der Waals surface area (Å²) in [6, 6.07) is 15.1. The molecule has 0 saturated carbocycles. The van der Waals surface area contributed by atoms with Crippen molar-refractivity contribution in [2.75, 3.05) is 25.0 Å². The second kappa shape index (κ2) is 6.32. The Bertz CT molecular complexity index is 915. The van der Waals surface area contributed by atoms with E-state index in [-0.39, 0.29) is 0 Å². The summed E-state index contributed by atoms with van der Waals surface area (Å²) in [6.45, 7) is 6.44. The SMILES string of the molecule is CCN(CC)c1ccc2c(c1)CC1=C/C(=N/C)c3ccccc3C1=N2. The zero-order valence-corrected chi connectivity index (χ0v) is 15.1. The van der Waals surface area contributed by atoms with Gasteiger partial charge in [0.05, 0.1) is 17.1 Å². The summed E-state index contributed by atoms with van der Waals surface area (Å²) < 4.78 is 0. The van der Waals surface area contributed by atoms with Crippen LogP contribution in [0, 0.1) is 0 Å². The van der Waals surface area contributed by atoms with E-state index in [1.807, 2.05) is 7.05 Å². The Morgan fingerprint density at radius 2 is 1.80 bits per heavy atom. The molecule has 1 aliphatic heterocycles. The summed E-state index contributed by atoms with van der Waals surface area (Å²) in [5.41, 5.74) is 9.46. The Balaban J connectivity index is 1.84. The molecule has 0 amide bonds. The molecule has 3 nitrogen and oxygen atoms in total. The van der Waals surface area contributed by atoms with E-state index in [1.165, 1.54) is 28.0 Å². The van der Waals surface area contributed by atoms with Crippen LogP contribution in [-0.2, 0) is 6.42 Å². The molecule has 2 aromatic carbocycles. The molecule has 4 rings (SSSR count). The highest BCUT2D eigenvalue weighted by Crippen LogP contribution is 2.36. The van der Waals surface area contributed by atoms with Crippen molar-refractivity contribution < 1.29 is 0 Å². The van der Waals surface area contributed by atoms with Crippen molar-refractivity contribution in [1.82, 2.24) is 0 Å². The first-order chi connectivity index (χ1) is 12.2. The van der Waals surface area contributed by atoms with Gasteiger partial charge >= 0.3 is 0 Å². The summed E-state index contributed by atoms with van der Waals surface area (Å²) in [7, 11) is 1.86. The van der Waals surface area contributed by atoms with E-state index in [0.717, 1.165) is 36.6 Å². The summed E-state index contributed by atoms with van der Waals surface area (Å²) in [6.07, 6.45) is 3.12. The number of hydrogen-bond donors (Lipinski definition) is 0. The minimum Gasteiger partial charge on any atom is -0.372 e. The van der Waals surface area contributed by atoms with Gasteiger partial charge in [0, 0.05) is 43.4 Å². The number of rotatable bonds is 3. The van der Waals surface area contributed by atoms with Gasteiger partial charge in [-0.2, -0.15) is 0 Å². The summed E-state index contributed by atoms with van der Waals surface area (Å²) >= 11 is 0. The highest BCUT2D eigenvalue weighted by Gasteiger charge is 2.26. The lowest BCUT2D eigenvalue weighted by Crippen LogP contribution is -2.23. The Kier molecular flexibility index (Phi) is 4.00. The van der Waals surface area contributed by atoms with Gasteiger partial charge in [-0.25, -0.2) is 4.99 Å². The molecule has 25 heavy (non-hydrogen) atoms. The monoisotopic (exact) mass is 329 g/mol. The Morgan fingerprint density at radius 3 is 2.52 bits per heavy atom.